The lowest BCUT2D eigenvalue weighted by molar-refractivity contribution is -0.192. The first-order valence-electron chi connectivity index (χ1n) is 9.07. The number of benzene rings is 1. The molecule has 0 fully saturated rings. The van der Waals surface area contributed by atoms with Crippen molar-refractivity contribution in [3.05, 3.63) is 47.2 Å². The minimum atomic E-state index is -5.08. The molecule has 3 rings (SSSR count). The van der Waals surface area contributed by atoms with Crippen molar-refractivity contribution in [2.24, 2.45) is 0 Å². The van der Waals surface area contributed by atoms with Crippen LogP contribution in [0.2, 0.25) is 0 Å². The van der Waals surface area contributed by atoms with Crippen molar-refractivity contribution in [1.29, 1.82) is 0 Å². The number of pyridine rings is 1. The Hall–Kier alpha value is -3.50. The number of anilines is 1. The Morgan fingerprint density at radius 3 is 2.23 bits per heavy atom. The van der Waals surface area contributed by atoms with E-state index in [9.17, 15) is 18.0 Å². The van der Waals surface area contributed by atoms with E-state index in [2.05, 4.69) is 10.3 Å². The van der Waals surface area contributed by atoms with Gasteiger partial charge >= 0.3 is 12.1 Å². The molecule has 0 unspecified atom stereocenters. The maximum absolute atomic E-state index is 12.8. The largest absolute Gasteiger partial charge is 0.493 e. The van der Waals surface area contributed by atoms with E-state index in [-0.39, 0.29) is 5.91 Å². The molecule has 1 aromatic carbocycles. The van der Waals surface area contributed by atoms with Crippen LogP contribution >= 0.6 is 0 Å². The second-order valence-corrected chi connectivity index (χ2v) is 6.44. The van der Waals surface area contributed by atoms with Gasteiger partial charge in [0.1, 0.15) is 5.82 Å². The number of carboxylic acid groups (broad SMARTS) is 1. The Balaban J connectivity index is 0.000000423. The quantitative estimate of drug-likeness (QED) is 0.752. The average molecular weight is 441 g/mol. The molecule has 2 aromatic rings. The van der Waals surface area contributed by atoms with E-state index in [1.54, 1.807) is 39.6 Å². The van der Waals surface area contributed by atoms with Gasteiger partial charge in [-0.1, -0.05) is 0 Å². The topological polar surface area (TPSA) is 101 Å². The summed E-state index contributed by atoms with van der Waals surface area (Å²) in [4.78, 5) is 27.7. The smallest absolute Gasteiger partial charge is 0.490 e. The molecular weight excluding hydrogens is 419 g/mol. The number of carbonyl (C=O) groups is 2. The van der Waals surface area contributed by atoms with Gasteiger partial charge in [0, 0.05) is 31.9 Å². The number of alkyl halides is 3. The molecule has 0 saturated heterocycles. The molecule has 1 aliphatic rings. The maximum atomic E-state index is 12.8. The summed E-state index contributed by atoms with van der Waals surface area (Å²) in [5, 5.41) is 10.1. The van der Waals surface area contributed by atoms with E-state index in [1.807, 2.05) is 17.0 Å². The molecule has 2 N–H and O–H groups in total. The molecule has 0 atom stereocenters. The van der Waals surface area contributed by atoms with E-state index < -0.39 is 12.1 Å². The van der Waals surface area contributed by atoms with Gasteiger partial charge in [0.05, 0.1) is 14.2 Å². The maximum Gasteiger partial charge on any atom is 0.490 e. The predicted molar refractivity (Wildman–Crippen MR) is 105 cm³/mol. The van der Waals surface area contributed by atoms with Gasteiger partial charge in [0.2, 0.25) is 0 Å². The van der Waals surface area contributed by atoms with Crippen molar-refractivity contribution in [2.75, 3.05) is 33.1 Å². The van der Waals surface area contributed by atoms with Crippen molar-refractivity contribution >= 4 is 17.7 Å². The van der Waals surface area contributed by atoms with Crippen LogP contribution in [-0.2, 0) is 17.8 Å². The highest BCUT2D eigenvalue weighted by atomic mass is 19.4. The summed E-state index contributed by atoms with van der Waals surface area (Å²) in [6.07, 6.45) is -2.64. The summed E-state index contributed by atoms with van der Waals surface area (Å²) in [6.45, 7) is 1.24. The van der Waals surface area contributed by atoms with E-state index in [4.69, 9.17) is 19.4 Å². The van der Waals surface area contributed by atoms with Crippen LogP contribution in [0.3, 0.4) is 0 Å². The number of carboxylic acids is 1. The molecule has 0 radical (unpaired) electrons. The lowest BCUT2D eigenvalue weighted by atomic mass is 9.98. The highest BCUT2D eigenvalue weighted by Gasteiger charge is 2.38. The van der Waals surface area contributed by atoms with Crippen LogP contribution in [0.15, 0.2) is 30.5 Å². The zero-order valence-corrected chi connectivity index (χ0v) is 17.1. The van der Waals surface area contributed by atoms with Gasteiger partial charge in [-0.3, -0.25) is 4.79 Å². The lowest BCUT2D eigenvalue weighted by Crippen LogP contribution is -2.36. The second-order valence-electron chi connectivity index (χ2n) is 6.44. The summed E-state index contributed by atoms with van der Waals surface area (Å²) in [6, 6.07) is 7.47. The number of hydrogen-bond acceptors (Lipinski definition) is 6. The van der Waals surface area contributed by atoms with Crippen molar-refractivity contribution < 1.29 is 37.3 Å². The number of rotatable bonds is 4. The number of aliphatic carboxylic acids is 1. The predicted octanol–water partition coefficient (Wildman–Crippen LogP) is 2.97. The first-order valence-corrected chi connectivity index (χ1v) is 9.07. The Morgan fingerprint density at radius 1 is 1.13 bits per heavy atom. The minimum Gasteiger partial charge on any atom is -0.493 e. The third-order valence-electron chi connectivity index (χ3n) is 4.51. The van der Waals surface area contributed by atoms with Crippen molar-refractivity contribution in [1.82, 2.24) is 9.88 Å². The van der Waals surface area contributed by atoms with Crippen LogP contribution in [0.4, 0.5) is 19.0 Å². The average Bonchev–Trinajstić information content (AvgIpc) is 2.76. The molecule has 0 bridgehead atoms. The molecule has 1 aromatic heterocycles. The van der Waals surface area contributed by atoms with Crippen LogP contribution < -0.4 is 14.8 Å². The number of ether oxygens (including phenoxy) is 2. The van der Waals surface area contributed by atoms with Crippen LogP contribution in [-0.4, -0.2) is 60.9 Å². The zero-order valence-electron chi connectivity index (χ0n) is 17.1. The SMILES string of the molecule is CNc1cc(C(=O)N2CCc3cc(OC)c(OC)cc3C2)ccn1.O=C(O)C(F)(F)F. The van der Waals surface area contributed by atoms with Crippen molar-refractivity contribution in [3.63, 3.8) is 0 Å². The minimum absolute atomic E-state index is 0.00864. The van der Waals surface area contributed by atoms with Gasteiger partial charge in [-0.2, -0.15) is 13.2 Å². The highest BCUT2D eigenvalue weighted by Crippen LogP contribution is 2.33. The Kier molecular flexibility index (Phi) is 7.67. The van der Waals surface area contributed by atoms with Crippen LogP contribution in [0.5, 0.6) is 11.5 Å². The molecule has 0 aliphatic carbocycles. The zero-order chi connectivity index (χ0) is 23.2. The Morgan fingerprint density at radius 2 is 1.71 bits per heavy atom. The van der Waals surface area contributed by atoms with Gasteiger partial charge in [-0.05, 0) is 41.8 Å². The highest BCUT2D eigenvalue weighted by molar-refractivity contribution is 5.95. The fourth-order valence-electron chi connectivity index (χ4n) is 2.94. The number of nitrogens with zero attached hydrogens (tertiary/aromatic N) is 2. The van der Waals surface area contributed by atoms with E-state index >= 15 is 0 Å². The number of fused-ring (bicyclic) bond motifs is 1. The molecule has 11 heteroatoms. The van der Waals surface area contributed by atoms with Gasteiger partial charge in [-0.25, -0.2) is 9.78 Å². The fourth-order valence-corrected chi connectivity index (χ4v) is 2.94. The van der Waals surface area contributed by atoms with Gasteiger partial charge in [0.15, 0.2) is 11.5 Å². The van der Waals surface area contributed by atoms with Crippen LogP contribution in [0.1, 0.15) is 21.5 Å². The molecule has 1 aliphatic heterocycles. The summed E-state index contributed by atoms with van der Waals surface area (Å²) in [5.41, 5.74) is 2.93. The molecule has 8 nitrogen and oxygen atoms in total. The lowest BCUT2D eigenvalue weighted by Gasteiger charge is -2.29. The Bertz CT molecular complexity index is 950. The molecule has 31 heavy (non-hydrogen) atoms. The number of nitrogens with one attached hydrogen (secondary N) is 1. The third-order valence-corrected chi connectivity index (χ3v) is 4.51. The summed E-state index contributed by atoms with van der Waals surface area (Å²) < 4.78 is 42.5. The Labute approximate surface area is 176 Å². The van der Waals surface area contributed by atoms with E-state index in [0.29, 0.717) is 30.2 Å². The molecule has 2 heterocycles. The summed E-state index contributed by atoms with van der Waals surface area (Å²) >= 11 is 0. The number of halogens is 3. The standard InChI is InChI=1S/C18H21N3O3.C2HF3O2/c1-19-17-10-13(4-6-20-17)18(22)21-7-5-12-8-15(23-2)16(24-3)9-14(12)11-21;3-2(4,5)1(6)7/h4,6,8-10H,5,7,11H2,1-3H3,(H,19,20);(H,6,7). The monoisotopic (exact) mass is 441 g/mol. The number of hydrogen-bond donors (Lipinski definition) is 2. The molecule has 0 spiro atoms. The number of aromatic nitrogens is 1. The number of methoxy groups -OCH3 is 2. The third kappa shape index (κ3) is 6.00. The van der Waals surface area contributed by atoms with Crippen LogP contribution in [0, 0.1) is 0 Å². The first-order chi connectivity index (χ1) is 14.6. The van der Waals surface area contributed by atoms with Crippen molar-refractivity contribution in [3.8, 4) is 11.5 Å². The fraction of sp³-hybridized carbons (Fsp3) is 0.350. The van der Waals surface area contributed by atoms with E-state index in [0.717, 1.165) is 17.7 Å². The molecular formula is C20H22F3N3O5. The van der Waals surface area contributed by atoms with Crippen LogP contribution in [0.25, 0.3) is 0 Å². The van der Waals surface area contributed by atoms with Gasteiger partial charge < -0.3 is 24.8 Å². The van der Waals surface area contributed by atoms with Gasteiger partial charge in [-0.15, -0.1) is 0 Å². The summed E-state index contributed by atoms with van der Waals surface area (Å²) in [7, 11) is 5.03. The molecule has 0 saturated carbocycles. The van der Waals surface area contributed by atoms with Gasteiger partial charge in [0.25, 0.3) is 5.91 Å². The van der Waals surface area contributed by atoms with E-state index in [1.165, 1.54) is 5.56 Å². The number of amides is 1. The number of carbonyl (C=O) groups excluding carboxylic acids is 1. The molecule has 1 amide bonds. The second kappa shape index (κ2) is 10.0. The van der Waals surface area contributed by atoms with Crippen molar-refractivity contribution in [2.45, 2.75) is 19.1 Å². The first kappa shape index (κ1) is 23.8. The molecule has 168 valence electrons. The summed E-state index contributed by atoms with van der Waals surface area (Å²) in [5.74, 6) is -0.651. The normalized spacial score (nSPS) is 12.8.